The van der Waals surface area contributed by atoms with Gasteiger partial charge in [-0.3, -0.25) is 19.0 Å². The van der Waals surface area contributed by atoms with Crippen LogP contribution in [0.15, 0.2) is 12.3 Å². The standard InChI is InChI=1S/C20H29N7O3/c1-15-10-16(2)27(22-15)14-19(28)25-5-3-4-17(11-25)12-26-13-18(21-23-26)20(29)24-6-8-30-9-7-24/h10,13,17H,3-9,11-12,14H2,1-2H3/t17-/m1/s1. The maximum absolute atomic E-state index is 12.8. The molecule has 1 atom stereocenters. The zero-order valence-corrected chi connectivity index (χ0v) is 17.7. The minimum absolute atomic E-state index is 0.0904. The first kappa shape index (κ1) is 20.5. The van der Waals surface area contributed by atoms with E-state index < -0.39 is 0 Å². The molecular formula is C20H29N7O3. The van der Waals surface area contributed by atoms with Crippen molar-refractivity contribution >= 4 is 11.8 Å². The fraction of sp³-hybridized carbons (Fsp3) is 0.650. The van der Waals surface area contributed by atoms with Gasteiger partial charge in [0.05, 0.1) is 25.1 Å². The van der Waals surface area contributed by atoms with E-state index in [1.807, 2.05) is 24.8 Å². The summed E-state index contributed by atoms with van der Waals surface area (Å²) in [5.74, 6) is 0.277. The number of carbonyl (C=O) groups excluding carboxylic acids is 2. The van der Waals surface area contributed by atoms with E-state index in [2.05, 4.69) is 15.4 Å². The number of morpholine rings is 1. The summed E-state index contributed by atoms with van der Waals surface area (Å²) in [7, 11) is 0. The molecule has 4 rings (SSSR count). The molecule has 4 heterocycles. The quantitative estimate of drug-likeness (QED) is 0.705. The molecule has 0 bridgehead atoms. The van der Waals surface area contributed by atoms with Crippen molar-refractivity contribution in [3.8, 4) is 0 Å². The number of carbonyl (C=O) groups is 2. The molecule has 2 amide bonds. The van der Waals surface area contributed by atoms with Crippen LogP contribution in [0, 0.1) is 19.8 Å². The summed E-state index contributed by atoms with van der Waals surface area (Å²) < 4.78 is 8.79. The van der Waals surface area contributed by atoms with Crippen LogP contribution in [0.1, 0.15) is 34.7 Å². The molecule has 0 aromatic carbocycles. The van der Waals surface area contributed by atoms with Crippen molar-refractivity contribution in [2.45, 2.75) is 39.8 Å². The number of amides is 2. The van der Waals surface area contributed by atoms with Gasteiger partial charge in [-0.15, -0.1) is 5.10 Å². The highest BCUT2D eigenvalue weighted by Crippen LogP contribution is 2.19. The van der Waals surface area contributed by atoms with Crippen LogP contribution in [0.2, 0.25) is 0 Å². The van der Waals surface area contributed by atoms with Crippen LogP contribution in [-0.2, 0) is 22.6 Å². The highest BCUT2D eigenvalue weighted by molar-refractivity contribution is 5.92. The topological polar surface area (TPSA) is 98.4 Å². The van der Waals surface area contributed by atoms with Crippen LogP contribution in [0.4, 0.5) is 0 Å². The van der Waals surface area contributed by atoms with Crippen LogP contribution in [0.25, 0.3) is 0 Å². The van der Waals surface area contributed by atoms with Gasteiger partial charge in [-0.05, 0) is 38.7 Å². The molecule has 2 aromatic heterocycles. The Morgan fingerprint density at radius 2 is 1.97 bits per heavy atom. The molecule has 2 aliphatic rings. The van der Waals surface area contributed by atoms with E-state index in [0.717, 1.165) is 30.8 Å². The number of rotatable bonds is 5. The predicted octanol–water partition coefficient (Wildman–Crippen LogP) is 0.503. The van der Waals surface area contributed by atoms with Crippen molar-refractivity contribution in [2.75, 3.05) is 39.4 Å². The van der Waals surface area contributed by atoms with Crippen LogP contribution in [0.5, 0.6) is 0 Å². The average Bonchev–Trinajstić information content (AvgIpc) is 3.34. The molecule has 0 N–H and O–H groups in total. The normalized spacial score (nSPS) is 19.9. The van der Waals surface area contributed by atoms with E-state index in [1.165, 1.54) is 0 Å². The first-order valence-electron chi connectivity index (χ1n) is 10.6. The molecule has 2 aromatic rings. The Bertz CT molecular complexity index is 900. The number of hydrogen-bond acceptors (Lipinski definition) is 6. The predicted molar refractivity (Wildman–Crippen MR) is 108 cm³/mol. The third-order valence-corrected chi connectivity index (χ3v) is 5.76. The number of aromatic nitrogens is 5. The van der Waals surface area contributed by atoms with E-state index in [9.17, 15) is 9.59 Å². The Morgan fingerprint density at radius 3 is 2.70 bits per heavy atom. The first-order valence-corrected chi connectivity index (χ1v) is 10.6. The summed E-state index contributed by atoms with van der Waals surface area (Å²) in [5.41, 5.74) is 2.28. The fourth-order valence-corrected chi connectivity index (χ4v) is 4.18. The maximum Gasteiger partial charge on any atom is 0.276 e. The van der Waals surface area contributed by atoms with E-state index in [4.69, 9.17) is 4.74 Å². The number of ether oxygens (including phenoxy) is 1. The Kier molecular flexibility index (Phi) is 6.12. The van der Waals surface area contributed by atoms with Crippen molar-refractivity contribution in [3.05, 3.63) is 29.3 Å². The third kappa shape index (κ3) is 4.69. The number of likely N-dealkylation sites (tertiary alicyclic amines) is 1. The Morgan fingerprint density at radius 1 is 1.17 bits per heavy atom. The van der Waals surface area contributed by atoms with Crippen molar-refractivity contribution < 1.29 is 14.3 Å². The molecule has 0 spiro atoms. The number of nitrogens with zero attached hydrogens (tertiary/aromatic N) is 7. The third-order valence-electron chi connectivity index (χ3n) is 5.76. The molecule has 30 heavy (non-hydrogen) atoms. The monoisotopic (exact) mass is 415 g/mol. The van der Waals surface area contributed by atoms with Crippen molar-refractivity contribution in [3.63, 3.8) is 0 Å². The second kappa shape index (κ2) is 8.95. The molecule has 2 fully saturated rings. The van der Waals surface area contributed by atoms with Gasteiger partial charge in [0.15, 0.2) is 5.69 Å². The molecule has 0 aliphatic carbocycles. The van der Waals surface area contributed by atoms with Gasteiger partial charge >= 0.3 is 0 Å². The lowest BCUT2D eigenvalue weighted by atomic mass is 9.98. The average molecular weight is 415 g/mol. The largest absolute Gasteiger partial charge is 0.378 e. The Labute approximate surface area is 175 Å². The molecule has 0 saturated carbocycles. The van der Waals surface area contributed by atoms with E-state index in [-0.39, 0.29) is 24.3 Å². The first-order chi connectivity index (χ1) is 14.5. The van der Waals surface area contributed by atoms with Gasteiger partial charge < -0.3 is 14.5 Å². The molecule has 2 saturated heterocycles. The highest BCUT2D eigenvalue weighted by atomic mass is 16.5. The summed E-state index contributed by atoms with van der Waals surface area (Å²) in [5, 5.41) is 12.6. The number of hydrogen-bond donors (Lipinski definition) is 0. The van der Waals surface area contributed by atoms with Gasteiger partial charge in [-0.1, -0.05) is 5.21 Å². The zero-order chi connectivity index (χ0) is 21.1. The van der Waals surface area contributed by atoms with Crippen LogP contribution in [-0.4, -0.2) is 85.8 Å². The molecular weight excluding hydrogens is 386 g/mol. The minimum Gasteiger partial charge on any atom is -0.378 e. The van der Waals surface area contributed by atoms with Gasteiger partial charge in [0, 0.05) is 38.4 Å². The molecule has 0 unspecified atom stereocenters. The number of piperidine rings is 1. The van der Waals surface area contributed by atoms with Gasteiger partial charge in [0.2, 0.25) is 5.91 Å². The lowest BCUT2D eigenvalue weighted by molar-refractivity contribution is -0.134. The van der Waals surface area contributed by atoms with Crippen LogP contribution < -0.4 is 0 Å². The van der Waals surface area contributed by atoms with Crippen LogP contribution in [0.3, 0.4) is 0 Å². The smallest absolute Gasteiger partial charge is 0.276 e. The molecule has 10 nitrogen and oxygen atoms in total. The minimum atomic E-state index is -0.102. The molecule has 162 valence electrons. The highest BCUT2D eigenvalue weighted by Gasteiger charge is 2.26. The summed E-state index contributed by atoms with van der Waals surface area (Å²) in [4.78, 5) is 29.0. The van der Waals surface area contributed by atoms with Gasteiger partial charge in [-0.25, -0.2) is 0 Å². The SMILES string of the molecule is Cc1cc(C)n(CC(=O)N2CCC[C@@H](Cn3cc(C(=O)N4CCOCC4)nn3)C2)n1. The van der Waals surface area contributed by atoms with E-state index in [0.29, 0.717) is 45.1 Å². The Hall–Kier alpha value is -2.75. The molecule has 0 radical (unpaired) electrons. The summed E-state index contributed by atoms with van der Waals surface area (Å²) in [6.07, 6.45) is 3.70. The van der Waals surface area contributed by atoms with Gasteiger partial charge in [-0.2, -0.15) is 5.10 Å². The summed E-state index contributed by atoms with van der Waals surface area (Å²) >= 11 is 0. The lowest BCUT2D eigenvalue weighted by Gasteiger charge is -2.32. The second-order valence-electron chi connectivity index (χ2n) is 8.16. The van der Waals surface area contributed by atoms with E-state index in [1.54, 1.807) is 20.5 Å². The number of aryl methyl sites for hydroxylation is 2. The Balaban J connectivity index is 1.33. The fourth-order valence-electron chi connectivity index (χ4n) is 4.18. The summed E-state index contributed by atoms with van der Waals surface area (Å²) in [6.45, 7) is 8.56. The molecule has 2 aliphatic heterocycles. The maximum atomic E-state index is 12.8. The van der Waals surface area contributed by atoms with E-state index >= 15 is 0 Å². The van der Waals surface area contributed by atoms with Crippen molar-refractivity contribution in [1.82, 2.24) is 34.6 Å². The zero-order valence-electron chi connectivity index (χ0n) is 17.7. The van der Waals surface area contributed by atoms with Gasteiger partial charge in [0.25, 0.3) is 5.91 Å². The summed E-state index contributed by atoms with van der Waals surface area (Å²) in [6, 6.07) is 1.98. The molecule has 10 heteroatoms. The second-order valence-corrected chi connectivity index (χ2v) is 8.16. The van der Waals surface area contributed by atoms with Crippen LogP contribution >= 0.6 is 0 Å². The van der Waals surface area contributed by atoms with Crippen molar-refractivity contribution in [1.29, 1.82) is 0 Å². The van der Waals surface area contributed by atoms with Gasteiger partial charge in [0.1, 0.15) is 6.54 Å². The lowest BCUT2D eigenvalue weighted by Crippen LogP contribution is -2.42. The van der Waals surface area contributed by atoms with Crippen molar-refractivity contribution in [2.24, 2.45) is 5.92 Å².